The number of benzene rings is 1. The fourth-order valence-electron chi connectivity index (χ4n) is 2.43. The van der Waals surface area contributed by atoms with Crippen molar-refractivity contribution in [3.05, 3.63) is 34.6 Å². The van der Waals surface area contributed by atoms with Gasteiger partial charge in [0.2, 0.25) is 11.7 Å². The first-order chi connectivity index (χ1) is 9.17. The van der Waals surface area contributed by atoms with Gasteiger partial charge in [-0.15, -0.1) is 0 Å². The molecule has 0 aliphatic carbocycles. The number of nitrogens with one attached hydrogen (secondary N) is 1. The average Bonchev–Trinajstić information content (AvgIpc) is 2.90. The van der Waals surface area contributed by atoms with E-state index in [0.717, 1.165) is 23.0 Å². The molecule has 4 nitrogen and oxygen atoms in total. The molecule has 1 aliphatic heterocycles. The zero-order valence-corrected chi connectivity index (χ0v) is 12.4. The van der Waals surface area contributed by atoms with E-state index in [4.69, 9.17) is 4.52 Å². The highest BCUT2D eigenvalue weighted by atomic mass is 79.9. The fourth-order valence-corrected chi connectivity index (χ4v) is 2.83. The molecule has 1 aromatic heterocycles. The summed E-state index contributed by atoms with van der Waals surface area (Å²) in [7, 11) is 0. The Hall–Kier alpha value is -1.20. The summed E-state index contributed by atoms with van der Waals surface area (Å²) in [5, 5.41) is 7.58. The molecule has 2 aromatic rings. The topological polar surface area (TPSA) is 51.0 Å². The molecule has 0 saturated carbocycles. The highest BCUT2D eigenvalue weighted by molar-refractivity contribution is 9.10. The molecule has 1 atom stereocenters. The lowest BCUT2D eigenvalue weighted by atomic mass is 9.91. The molecule has 2 heterocycles. The molecule has 0 bridgehead atoms. The first-order valence-corrected chi connectivity index (χ1v) is 7.32. The Morgan fingerprint density at radius 2 is 2.26 bits per heavy atom. The monoisotopic (exact) mass is 321 g/mol. The molecule has 19 heavy (non-hydrogen) atoms. The van der Waals surface area contributed by atoms with Gasteiger partial charge in [-0.05, 0) is 44.9 Å². The van der Waals surface area contributed by atoms with Crippen LogP contribution in [-0.4, -0.2) is 16.7 Å². The van der Waals surface area contributed by atoms with Crippen molar-refractivity contribution in [1.82, 2.24) is 15.5 Å². The van der Waals surface area contributed by atoms with Gasteiger partial charge in [0.1, 0.15) is 0 Å². The second kappa shape index (κ2) is 5.06. The van der Waals surface area contributed by atoms with Crippen molar-refractivity contribution < 1.29 is 4.52 Å². The van der Waals surface area contributed by atoms with E-state index in [9.17, 15) is 0 Å². The SMILES string of the molecule is CC1(c2nc(-c3cccc(Br)c3)no2)CCCCN1. The third-order valence-corrected chi connectivity index (χ3v) is 4.09. The highest BCUT2D eigenvalue weighted by Gasteiger charge is 2.34. The Morgan fingerprint density at radius 3 is 3.00 bits per heavy atom. The van der Waals surface area contributed by atoms with Crippen LogP contribution >= 0.6 is 15.9 Å². The smallest absolute Gasteiger partial charge is 0.246 e. The third kappa shape index (κ3) is 2.58. The van der Waals surface area contributed by atoms with Crippen molar-refractivity contribution in [1.29, 1.82) is 0 Å². The van der Waals surface area contributed by atoms with Gasteiger partial charge in [0, 0.05) is 10.0 Å². The van der Waals surface area contributed by atoms with Crippen LogP contribution in [0.2, 0.25) is 0 Å². The van der Waals surface area contributed by atoms with E-state index in [1.807, 2.05) is 24.3 Å². The highest BCUT2D eigenvalue weighted by Crippen LogP contribution is 2.30. The van der Waals surface area contributed by atoms with E-state index in [0.29, 0.717) is 11.7 Å². The predicted octanol–water partition coefficient (Wildman–Crippen LogP) is 3.49. The van der Waals surface area contributed by atoms with Gasteiger partial charge in [-0.1, -0.05) is 33.2 Å². The van der Waals surface area contributed by atoms with E-state index in [2.05, 4.69) is 38.3 Å². The van der Waals surface area contributed by atoms with Gasteiger partial charge in [0.05, 0.1) is 5.54 Å². The summed E-state index contributed by atoms with van der Waals surface area (Å²) in [6.07, 6.45) is 3.44. The van der Waals surface area contributed by atoms with Crippen LogP contribution in [0.5, 0.6) is 0 Å². The summed E-state index contributed by atoms with van der Waals surface area (Å²) in [5.74, 6) is 1.33. The quantitative estimate of drug-likeness (QED) is 0.919. The van der Waals surface area contributed by atoms with Crippen LogP contribution in [0.25, 0.3) is 11.4 Å². The molecule has 1 aliphatic rings. The summed E-state index contributed by atoms with van der Waals surface area (Å²) in [4.78, 5) is 4.56. The van der Waals surface area contributed by atoms with Crippen molar-refractivity contribution in [2.75, 3.05) is 6.54 Å². The lowest BCUT2D eigenvalue weighted by Gasteiger charge is -2.31. The molecule has 5 heteroatoms. The molecule has 100 valence electrons. The van der Waals surface area contributed by atoms with Crippen molar-refractivity contribution in [2.45, 2.75) is 31.7 Å². The standard InChI is InChI=1S/C14H16BrN3O/c1-14(7-2-3-8-16-14)13-17-12(18-19-13)10-5-4-6-11(15)9-10/h4-6,9,16H,2-3,7-8H2,1H3. The summed E-state index contributed by atoms with van der Waals surface area (Å²) >= 11 is 3.45. The van der Waals surface area contributed by atoms with Gasteiger partial charge < -0.3 is 9.84 Å². The Kier molecular flexibility index (Phi) is 3.41. The second-order valence-electron chi connectivity index (χ2n) is 5.15. The van der Waals surface area contributed by atoms with Crippen LogP contribution in [0.4, 0.5) is 0 Å². The number of rotatable bonds is 2. The van der Waals surface area contributed by atoms with Crippen molar-refractivity contribution in [3.63, 3.8) is 0 Å². The Labute approximate surface area is 120 Å². The van der Waals surface area contributed by atoms with E-state index in [1.165, 1.54) is 12.8 Å². The maximum Gasteiger partial charge on any atom is 0.246 e. The van der Waals surface area contributed by atoms with Crippen LogP contribution in [0, 0.1) is 0 Å². The van der Waals surface area contributed by atoms with Crippen molar-refractivity contribution in [3.8, 4) is 11.4 Å². The molecule has 0 radical (unpaired) electrons. The number of hydrogen-bond donors (Lipinski definition) is 1. The average molecular weight is 322 g/mol. The lowest BCUT2D eigenvalue weighted by molar-refractivity contribution is 0.207. The van der Waals surface area contributed by atoms with Gasteiger partial charge in [-0.25, -0.2) is 0 Å². The second-order valence-corrected chi connectivity index (χ2v) is 6.07. The molecule has 1 unspecified atom stereocenters. The van der Waals surface area contributed by atoms with E-state index in [1.54, 1.807) is 0 Å². The number of piperidine rings is 1. The molecule has 3 rings (SSSR count). The molecular weight excluding hydrogens is 306 g/mol. The minimum Gasteiger partial charge on any atom is -0.337 e. The minimum absolute atomic E-state index is 0.185. The Bertz CT molecular complexity index is 576. The van der Waals surface area contributed by atoms with Gasteiger partial charge in [0.25, 0.3) is 0 Å². The first kappa shape index (κ1) is 12.8. The van der Waals surface area contributed by atoms with Crippen LogP contribution in [0.3, 0.4) is 0 Å². The van der Waals surface area contributed by atoms with Crippen LogP contribution in [0.1, 0.15) is 32.1 Å². The largest absolute Gasteiger partial charge is 0.337 e. The molecule has 1 aromatic carbocycles. The number of halogens is 1. The summed E-state index contributed by atoms with van der Waals surface area (Å²) in [6.45, 7) is 3.13. The summed E-state index contributed by atoms with van der Waals surface area (Å²) in [5.41, 5.74) is 0.777. The Morgan fingerprint density at radius 1 is 1.37 bits per heavy atom. The van der Waals surface area contributed by atoms with Gasteiger partial charge >= 0.3 is 0 Å². The summed E-state index contributed by atoms with van der Waals surface area (Å²) in [6, 6.07) is 7.92. The Balaban J connectivity index is 1.91. The van der Waals surface area contributed by atoms with Gasteiger partial charge in [-0.2, -0.15) is 4.98 Å². The maximum atomic E-state index is 5.46. The zero-order chi connectivity index (χ0) is 13.3. The van der Waals surface area contributed by atoms with E-state index in [-0.39, 0.29) is 5.54 Å². The lowest BCUT2D eigenvalue weighted by Crippen LogP contribution is -2.43. The number of aromatic nitrogens is 2. The maximum absolute atomic E-state index is 5.46. The van der Waals surface area contributed by atoms with Crippen molar-refractivity contribution >= 4 is 15.9 Å². The first-order valence-electron chi connectivity index (χ1n) is 6.52. The van der Waals surface area contributed by atoms with Crippen LogP contribution < -0.4 is 5.32 Å². The minimum atomic E-state index is -0.185. The molecule has 0 amide bonds. The molecule has 1 N–H and O–H groups in total. The summed E-state index contributed by atoms with van der Waals surface area (Å²) < 4.78 is 6.47. The van der Waals surface area contributed by atoms with E-state index < -0.39 is 0 Å². The molecule has 1 fully saturated rings. The molecule has 0 spiro atoms. The van der Waals surface area contributed by atoms with Gasteiger partial charge in [0.15, 0.2) is 0 Å². The molecule has 1 saturated heterocycles. The third-order valence-electron chi connectivity index (χ3n) is 3.60. The number of hydrogen-bond acceptors (Lipinski definition) is 4. The molecular formula is C14H16BrN3O. The van der Waals surface area contributed by atoms with E-state index >= 15 is 0 Å². The van der Waals surface area contributed by atoms with Crippen molar-refractivity contribution in [2.24, 2.45) is 0 Å². The van der Waals surface area contributed by atoms with Gasteiger partial charge in [-0.3, -0.25) is 0 Å². The van der Waals surface area contributed by atoms with Crippen LogP contribution in [-0.2, 0) is 5.54 Å². The number of nitrogens with zero attached hydrogens (tertiary/aromatic N) is 2. The zero-order valence-electron chi connectivity index (χ0n) is 10.8. The van der Waals surface area contributed by atoms with Crippen LogP contribution in [0.15, 0.2) is 33.3 Å². The fraction of sp³-hybridized carbons (Fsp3) is 0.429. The predicted molar refractivity (Wildman–Crippen MR) is 76.6 cm³/mol. The normalized spacial score (nSPS) is 23.5.